The molecule has 0 aliphatic heterocycles. The first kappa shape index (κ1) is 23.1. The predicted molar refractivity (Wildman–Crippen MR) is 136 cm³/mol. The topological polar surface area (TPSA) is 73.2 Å². The van der Waals surface area contributed by atoms with Gasteiger partial charge >= 0.3 is 0 Å². The normalized spacial score (nSPS) is 10.9. The summed E-state index contributed by atoms with van der Waals surface area (Å²) in [6.45, 7) is 9.80. The Kier molecular flexibility index (Phi) is 6.12. The van der Waals surface area contributed by atoms with Crippen LogP contribution in [0.1, 0.15) is 27.8 Å². The van der Waals surface area contributed by atoms with E-state index >= 15 is 0 Å². The quantitative estimate of drug-likeness (QED) is 0.289. The van der Waals surface area contributed by atoms with Gasteiger partial charge in [-0.1, -0.05) is 24.3 Å². The first-order valence-electron chi connectivity index (χ1n) is 11.1. The van der Waals surface area contributed by atoms with Gasteiger partial charge in [-0.3, -0.25) is 0 Å². The first-order valence-corrected chi connectivity index (χ1v) is 11.1. The van der Waals surface area contributed by atoms with Crippen molar-refractivity contribution >= 4 is 17.1 Å². The fourth-order valence-electron chi connectivity index (χ4n) is 4.02. The SMILES string of the molecule is Cc1ccc(O)cc1Oc1cccc(N(c2c(O)ccc(C)c2C)c2c(O)ccc(C)c2C)c1. The molecule has 34 heavy (non-hydrogen) atoms. The molecule has 0 heterocycles. The van der Waals surface area contributed by atoms with Crippen molar-refractivity contribution in [3.63, 3.8) is 0 Å². The van der Waals surface area contributed by atoms with Crippen molar-refractivity contribution in [2.75, 3.05) is 4.90 Å². The van der Waals surface area contributed by atoms with E-state index in [1.165, 1.54) is 0 Å². The minimum absolute atomic E-state index is 0.110. The molecule has 5 nitrogen and oxygen atoms in total. The number of aromatic hydroxyl groups is 3. The summed E-state index contributed by atoms with van der Waals surface area (Å²) in [7, 11) is 0. The standard InChI is InChI=1S/C29H29NO4/c1-17-10-13-25(32)28(20(17)4)30(29-21(5)18(2)11-14-26(29)33)22-7-6-8-24(15-22)34-27-16-23(31)12-9-19(27)3/h6-16,31-33H,1-5H3. The molecule has 0 bridgehead atoms. The molecule has 0 atom stereocenters. The summed E-state index contributed by atoms with van der Waals surface area (Å²) in [5, 5.41) is 31.8. The molecule has 0 radical (unpaired) electrons. The van der Waals surface area contributed by atoms with Crippen molar-refractivity contribution in [2.24, 2.45) is 0 Å². The van der Waals surface area contributed by atoms with Gasteiger partial charge in [-0.15, -0.1) is 0 Å². The van der Waals surface area contributed by atoms with E-state index in [0.717, 1.165) is 27.8 Å². The molecule has 0 aliphatic carbocycles. The monoisotopic (exact) mass is 455 g/mol. The third-order valence-corrected chi connectivity index (χ3v) is 6.28. The highest BCUT2D eigenvalue weighted by Gasteiger charge is 2.24. The van der Waals surface area contributed by atoms with Crippen molar-refractivity contribution < 1.29 is 20.1 Å². The van der Waals surface area contributed by atoms with Gasteiger partial charge in [-0.25, -0.2) is 0 Å². The zero-order valence-electron chi connectivity index (χ0n) is 20.0. The number of hydrogen-bond donors (Lipinski definition) is 3. The average molecular weight is 456 g/mol. The highest BCUT2D eigenvalue weighted by Crippen LogP contribution is 2.48. The van der Waals surface area contributed by atoms with Crippen LogP contribution in [-0.2, 0) is 0 Å². The van der Waals surface area contributed by atoms with Crippen LogP contribution in [0.2, 0.25) is 0 Å². The van der Waals surface area contributed by atoms with E-state index in [1.807, 2.05) is 75.9 Å². The van der Waals surface area contributed by atoms with E-state index in [2.05, 4.69) is 0 Å². The number of aryl methyl sites for hydroxylation is 3. The van der Waals surface area contributed by atoms with Gasteiger partial charge in [-0.05, 0) is 92.8 Å². The van der Waals surface area contributed by atoms with Crippen molar-refractivity contribution in [3.8, 4) is 28.7 Å². The van der Waals surface area contributed by atoms with Crippen LogP contribution >= 0.6 is 0 Å². The Labute approximate surface area is 200 Å². The van der Waals surface area contributed by atoms with Crippen LogP contribution in [0.5, 0.6) is 28.7 Å². The van der Waals surface area contributed by atoms with E-state index in [9.17, 15) is 15.3 Å². The lowest BCUT2D eigenvalue weighted by molar-refractivity contribution is 0.453. The Morgan fingerprint density at radius 1 is 0.618 bits per heavy atom. The molecule has 174 valence electrons. The number of benzene rings is 4. The maximum absolute atomic E-state index is 10.9. The summed E-state index contributed by atoms with van der Waals surface area (Å²) >= 11 is 0. The lowest BCUT2D eigenvalue weighted by Crippen LogP contribution is -2.14. The average Bonchev–Trinajstić information content (AvgIpc) is 2.80. The van der Waals surface area contributed by atoms with Crippen LogP contribution in [-0.4, -0.2) is 15.3 Å². The number of rotatable bonds is 5. The number of anilines is 3. The summed E-state index contributed by atoms with van der Waals surface area (Å²) in [4.78, 5) is 1.87. The molecule has 4 aromatic carbocycles. The zero-order chi connectivity index (χ0) is 24.6. The number of ether oxygens (including phenoxy) is 1. The maximum atomic E-state index is 10.9. The van der Waals surface area contributed by atoms with Gasteiger partial charge in [0.05, 0.1) is 17.1 Å². The number of hydrogen-bond acceptors (Lipinski definition) is 5. The van der Waals surface area contributed by atoms with Crippen LogP contribution in [0.25, 0.3) is 0 Å². The third kappa shape index (κ3) is 4.25. The molecule has 0 amide bonds. The second-order valence-electron chi connectivity index (χ2n) is 8.64. The van der Waals surface area contributed by atoms with Crippen molar-refractivity contribution in [1.29, 1.82) is 0 Å². The molecular formula is C29H29NO4. The Morgan fingerprint density at radius 3 is 1.76 bits per heavy atom. The van der Waals surface area contributed by atoms with Gasteiger partial charge < -0.3 is 25.0 Å². The van der Waals surface area contributed by atoms with Gasteiger partial charge in [0.1, 0.15) is 28.7 Å². The Hall–Kier alpha value is -4.12. The summed E-state index contributed by atoms with van der Waals surface area (Å²) < 4.78 is 6.11. The van der Waals surface area contributed by atoms with Crippen LogP contribution in [0.15, 0.2) is 66.7 Å². The Morgan fingerprint density at radius 2 is 1.18 bits per heavy atom. The van der Waals surface area contributed by atoms with Crippen LogP contribution in [0.4, 0.5) is 17.1 Å². The first-order chi connectivity index (χ1) is 16.2. The summed E-state index contributed by atoms with van der Waals surface area (Å²) in [5.74, 6) is 1.45. The highest BCUT2D eigenvalue weighted by molar-refractivity contribution is 5.87. The van der Waals surface area contributed by atoms with Crippen LogP contribution < -0.4 is 9.64 Å². The zero-order valence-corrected chi connectivity index (χ0v) is 20.0. The molecule has 0 saturated carbocycles. The van der Waals surface area contributed by atoms with Gasteiger partial charge in [0, 0.05) is 12.1 Å². The second kappa shape index (κ2) is 9.02. The fourth-order valence-corrected chi connectivity index (χ4v) is 4.02. The lowest BCUT2D eigenvalue weighted by Gasteiger charge is -2.31. The predicted octanol–water partition coefficient (Wildman–Crippen LogP) is 7.61. The molecule has 0 saturated heterocycles. The summed E-state index contributed by atoms with van der Waals surface area (Å²) in [5.41, 5.74) is 6.62. The minimum atomic E-state index is 0.110. The molecule has 0 aliphatic rings. The largest absolute Gasteiger partial charge is 0.508 e. The molecule has 5 heteroatoms. The Balaban J connectivity index is 1.93. The van der Waals surface area contributed by atoms with E-state index in [0.29, 0.717) is 28.6 Å². The van der Waals surface area contributed by atoms with E-state index in [-0.39, 0.29) is 17.2 Å². The molecule has 0 unspecified atom stereocenters. The molecular weight excluding hydrogens is 426 g/mol. The smallest absolute Gasteiger partial charge is 0.139 e. The third-order valence-electron chi connectivity index (χ3n) is 6.28. The van der Waals surface area contributed by atoms with Gasteiger partial charge in [-0.2, -0.15) is 0 Å². The second-order valence-corrected chi connectivity index (χ2v) is 8.64. The highest BCUT2D eigenvalue weighted by atomic mass is 16.5. The molecule has 3 N–H and O–H groups in total. The Bertz CT molecular complexity index is 1320. The maximum Gasteiger partial charge on any atom is 0.139 e. The van der Waals surface area contributed by atoms with Crippen molar-refractivity contribution in [3.05, 3.63) is 94.5 Å². The molecule has 0 fully saturated rings. The molecule has 4 aromatic rings. The van der Waals surface area contributed by atoms with E-state index < -0.39 is 0 Å². The molecule has 0 aromatic heterocycles. The van der Waals surface area contributed by atoms with Crippen molar-refractivity contribution in [1.82, 2.24) is 0 Å². The summed E-state index contributed by atoms with van der Waals surface area (Å²) in [6.07, 6.45) is 0. The lowest BCUT2D eigenvalue weighted by atomic mass is 10.0. The van der Waals surface area contributed by atoms with Gasteiger partial charge in [0.15, 0.2) is 0 Å². The van der Waals surface area contributed by atoms with Crippen LogP contribution in [0.3, 0.4) is 0 Å². The van der Waals surface area contributed by atoms with E-state index in [1.54, 1.807) is 30.3 Å². The van der Waals surface area contributed by atoms with Crippen molar-refractivity contribution in [2.45, 2.75) is 34.6 Å². The number of phenolic OH excluding ortho intramolecular Hbond substituents is 3. The van der Waals surface area contributed by atoms with Crippen LogP contribution in [0, 0.1) is 34.6 Å². The van der Waals surface area contributed by atoms with Gasteiger partial charge in [0.25, 0.3) is 0 Å². The fraction of sp³-hybridized carbons (Fsp3) is 0.172. The number of nitrogens with zero attached hydrogens (tertiary/aromatic N) is 1. The van der Waals surface area contributed by atoms with E-state index in [4.69, 9.17) is 4.74 Å². The molecule has 4 rings (SSSR count). The summed E-state index contributed by atoms with van der Waals surface area (Å²) in [6, 6.07) is 19.5. The molecule has 0 spiro atoms. The van der Waals surface area contributed by atoms with Gasteiger partial charge in [0.2, 0.25) is 0 Å². The minimum Gasteiger partial charge on any atom is -0.508 e. The number of phenols is 3.